The van der Waals surface area contributed by atoms with Gasteiger partial charge in [0.05, 0.1) is 5.02 Å². The minimum absolute atomic E-state index is 0.0282. The Bertz CT molecular complexity index is 609. The molecule has 0 aromatic heterocycles. The predicted molar refractivity (Wildman–Crippen MR) is 77.2 cm³/mol. The molecule has 19 heavy (non-hydrogen) atoms. The Morgan fingerprint density at radius 2 is 1.84 bits per heavy atom. The Labute approximate surface area is 121 Å². The second-order valence-corrected chi connectivity index (χ2v) is 4.90. The van der Waals surface area contributed by atoms with Gasteiger partial charge >= 0.3 is 0 Å². The van der Waals surface area contributed by atoms with Crippen LogP contribution in [0.15, 0.2) is 42.5 Å². The summed E-state index contributed by atoms with van der Waals surface area (Å²) in [7, 11) is 0. The molecule has 0 N–H and O–H groups in total. The van der Waals surface area contributed by atoms with E-state index in [1.54, 1.807) is 24.3 Å². The van der Waals surface area contributed by atoms with Crippen molar-refractivity contribution in [1.82, 2.24) is 0 Å². The molecule has 2 aromatic carbocycles. The Morgan fingerprint density at radius 1 is 1.11 bits per heavy atom. The van der Waals surface area contributed by atoms with Crippen LogP contribution < -0.4 is 4.74 Å². The van der Waals surface area contributed by atoms with Crippen molar-refractivity contribution in [3.8, 4) is 5.75 Å². The number of halogens is 2. The van der Waals surface area contributed by atoms with Crippen LogP contribution in [0.5, 0.6) is 5.75 Å². The molecule has 0 aliphatic carbocycles. The topological polar surface area (TPSA) is 26.3 Å². The van der Waals surface area contributed by atoms with Crippen LogP contribution in [0.3, 0.4) is 0 Å². The Morgan fingerprint density at radius 3 is 2.47 bits per heavy atom. The SMILES string of the molecule is CC(=O)c1ccc(OCc2ccccc2Cl)c(Cl)c1. The molecular formula is C15H12Cl2O2. The highest BCUT2D eigenvalue weighted by Crippen LogP contribution is 2.27. The van der Waals surface area contributed by atoms with Crippen LogP contribution in [0, 0.1) is 0 Å². The van der Waals surface area contributed by atoms with Gasteiger partial charge in [-0.15, -0.1) is 0 Å². The van der Waals surface area contributed by atoms with Gasteiger partial charge in [-0.3, -0.25) is 4.79 Å². The molecule has 0 fully saturated rings. The van der Waals surface area contributed by atoms with Gasteiger partial charge in [0, 0.05) is 16.1 Å². The van der Waals surface area contributed by atoms with Crippen molar-refractivity contribution in [2.75, 3.05) is 0 Å². The summed E-state index contributed by atoms with van der Waals surface area (Å²) in [4.78, 5) is 11.2. The lowest BCUT2D eigenvalue weighted by Gasteiger charge is -2.09. The lowest BCUT2D eigenvalue weighted by atomic mass is 10.1. The fraction of sp³-hybridized carbons (Fsp3) is 0.133. The molecule has 0 saturated heterocycles. The van der Waals surface area contributed by atoms with E-state index in [0.29, 0.717) is 28.0 Å². The van der Waals surface area contributed by atoms with E-state index >= 15 is 0 Å². The third-order valence-electron chi connectivity index (χ3n) is 2.68. The molecule has 2 aromatic rings. The number of carbonyl (C=O) groups is 1. The second kappa shape index (κ2) is 6.09. The lowest BCUT2D eigenvalue weighted by Crippen LogP contribution is -1.98. The Balaban J connectivity index is 2.12. The molecule has 0 heterocycles. The Kier molecular flexibility index (Phi) is 4.46. The maximum Gasteiger partial charge on any atom is 0.159 e. The molecule has 0 amide bonds. The number of rotatable bonds is 4. The van der Waals surface area contributed by atoms with Gasteiger partial charge in [0.1, 0.15) is 12.4 Å². The molecule has 0 unspecified atom stereocenters. The van der Waals surface area contributed by atoms with E-state index in [9.17, 15) is 4.79 Å². The largest absolute Gasteiger partial charge is 0.487 e. The maximum atomic E-state index is 11.2. The second-order valence-electron chi connectivity index (χ2n) is 4.08. The van der Waals surface area contributed by atoms with Crippen molar-refractivity contribution in [3.05, 3.63) is 63.6 Å². The van der Waals surface area contributed by atoms with E-state index in [4.69, 9.17) is 27.9 Å². The number of ether oxygens (including phenoxy) is 1. The van der Waals surface area contributed by atoms with Gasteiger partial charge in [-0.1, -0.05) is 41.4 Å². The standard InChI is InChI=1S/C15H12Cl2O2/c1-10(18)11-6-7-15(14(17)8-11)19-9-12-4-2-3-5-13(12)16/h2-8H,9H2,1H3. The molecule has 2 rings (SSSR count). The van der Waals surface area contributed by atoms with E-state index in [-0.39, 0.29) is 5.78 Å². The van der Waals surface area contributed by atoms with Crippen molar-refractivity contribution in [2.45, 2.75) is 13.5 Å². The predicted octanol–water partition coefficient (Wildman–Crippen LogP) is 4.78. The molecule has 0 bridgehead atoms. The molecule has 0 atom stereocenters. The monoisotopic (exact) mass is 294 g/mol. The molecule has 0 saturated carbocycles. The average Bonchev–Trinajstić information content (AvgIpc) is 2.39. The van der Waals surface area contributed by atoms with Crippen LogP contribution in [-0.4, -0.2) is 5.78 Å². The summed E-state index contributed by atoms with van der Waals surface area (Å²) in [5, 5.41) is 1.07. The number of benzene rings is 2. The minimum Gasteiger partial charge on any atom is -0.487 e. The highest BCUT2D eigenvalue weighted by molar-refractivity contribution is 6.32. The average molecular weight is 295 g/mol. The lowest BCUT2D eigenvalue weighted by molar-refractivity contribution is 0.101. The van der Waals surface area contributed by atoms with Gasteiger partial charge in [0.25, 0.3) is 0 Å². The number of hydrogen-bond donors (Lipinski definition) is 0. The van der Waals surface area contributed by atoms with Crippen molar-refractivity contribution in [3.63, 3.8) is 0 Å². The van der Waals surface area contributed by atoms with Gasteiger partial charge in [-0.2, -0.15) is 0 Å². The molecular weight excluding hydrogens is 283 g/mol. The zero-order valence-corrected chi connectivity index (χ0v) is 11.8. The van der Waals surface area contributed by atoms with Gasteiger partial charge < -0.3 is 4.74 Å². The van der Waals surface area contributed by atoms with Crippen molar-refractivity contribution in [2.24, 2.45) is 0 Å². The van der Waals surface area contributed by atoms with Crippen LogP contribution in [0.2, 0.25) is 10.0 Å². The first-order valence-electron chi connectivity index (χ1n) is 5.74. The fourth-order valence-electron chi connectivity index (χ4n) is 1.61. The minimum atomic E-state index is -0.0282. The zero-order chi connectivity index (χ0) is 13.8. The van der Waals surface area contributed by atoms with Crippen LogP contribution in [0.25, 0.3) is 0 Å². The maximum absolute atomic E-state index is 11.2. The van der Waals surface area contributed by atoms with Crippen molar-refractivity contribution >= 4 is 29.0 Å². The normalized spacial score (nSPS) is 10.3. The summed E-state index contributed by atoms with van der Waals surface area (Å²) >= 11 is 12.1. The summed E-state index contributed by atoms with van der Waals surface area (Å²) in [5.41, 5.74) is 1.45. The summed E-state index contributed by atoms with van der Waals surface area (Å²) in [6.45, 7) is 1.83. The number of hydrogen-bond acceptors (Lipinski definition) is 2. The first-order chi connectivity index (χ1) is 9.08. The van der Waals surface area contributed by atoms with Gasteiger partial charge in [-0.05, 0) is 31.2 Å². The van der Waals surface area contributed by atoms with Crippen LogP contribution in [0.4, 0.5) is 0 Å². The first-order valence-corrected chi connectivity index (χ1v) is 6.50. The molecule has 98 valence electrons. The van der Waals surface area contributed by atoms with Gasteiger partial charge in [0.15, 0.2) is 5.78 Å². The quantitative estimate of drug-likeness (QED) is 0.759. The molecule has 2 nitrogen and oxygen atoms in total. The van der Waals surface area contributed by atoms with E-state index in [1.807, 2.05) is 18.2 Å². The number of carbonyl (C=O) groups excluding carboxylic acids is 1. The van der Waals surface area contributed by atoms with Gasteiger partial charge in [0.2, 0.25) is 0 Å². The fourth-order valence-corrected chi connectivity index (χ4v) is 2.03. The van der Waals surface area contributed by atoms with E-state index in [0.717, 1.165) is 5.56 Å². The van der Waals surface area contributed by atoms with Crippen LogP contribution in [-0.2, 0) is 6.61 Å². The number of Topliss-reactive ketones (excluding diaryl/α,β-unsaturated/α-hetero) is 1. The van der Waals surface area contributed by atoms with Crippen molar-refractivity contribution in [1.29, 1.82) is 0 Å². The summed E-state index contributed by atoms with van der Waals surface area (Å²) in [6.07, 6.45) is 0. The van der Waals surface area contributed by atoms with Crippen LogP contribution >= 0.6 is 23.2 Å². The first kappa shape index (κ1) is 13.9. The zero-order valence-electron chi connectivity index (χ0n) is 10.3. The molecule has 0 spiro atoms. The number of ketones is 1. The summed E-state index contributed by atoms with van der Waals surface area (Å²) in [5.74, 6) is 0.506. The summed E-state index contributed by atoms with van der Waals surface area (Å²) in [6, 6.07) is 12.4. The van der Waals surface area contributed by atoms with Crippen LogP contribution in [0.1, 0.15) is 22.8 Å². The Hall–Kier alpha value is -1.51. The third kappa shape index (κ3) is 3.49. The van der Waals surface area contributed by atoms with Crippen molar-refractivity contribution < 1.29 is 9.53 Å². The third-order valence-corrected chi connectivity index (χ3v) is 3.34. The highest BCUT2D eigenvalue weighted by Gasteiger charge is 2.07. The molecule has 0 radical (unpaired) electrons. The summed E-state index contributed by atoms with van der Waals surface area (Å²) < 4.78 is 5.61. The highest BCUT2D eigenvalue weighted by atomic mass is 35.5. The van der Waals surface area contributed by atoms with E-state index in [2.05, 4.69) is 0 Å². The molecule has 0 aliphatic rings. The molecule has 4 heteroatoms. The molecule has 0 aliphatic heterocycles. The van der Waals surface area contributed by atoms with E-state index < -0.39 is 0 Å². The smallest absolute Gasteiger partial charge is 0.159 e. The van der Waals surface area contributed by atoms with Gasteiger partial charge in [-0.25, -0.2) is 0 Å². The van der Waals surface area contributed by atoms with E-state index in [1.165, 1.54) is 6.92 Å².